The number of hydrogen-bond acceptors (Lipinski definition) is 3. The van der Waals surface area contributed by atoms with Crippen LogP contribution in [0.5, 0.6) is 5.75 Å². The van der Waals surface area contributed by atoms with Crippen LogP contribution < -0.4 is 10.1 Å². The molecular weight excluding hydrogens is 260 g/mol. The van der Waals surface area contributed by atoms with Crippen molar-refractivity contribution in [3.05, 3.63) is 30.3 Å². The fourth-order valence-corrected chi connectivity index (χ4v) is 3.00. The summed E-state index contributed by atoms with van der Waals surface area (Å²) in [5, 5.41) is 3.69. The molecule has 1 N–H and O–H groups in total. The number of nitrogens with one attached hydrogen (secondary N) is 1. The summed E-state index contributed by atoms with van der Waals surface area (Å²) in [6.07, 6.45) is 3.63. The molecule has 0 amide bonds. The third kappa shape index (κ3) is 6.49. The molecule has 1 fully saturated rings. The van der Waals surface area contributed by atoms with Crippen molar-refractivity contribution in [3.8, 4) is 5.75 Å². The van der Waals surface area contributed by atoms with E-state index in [4.69, 9.17) is 4.74 Å². The van der Waals surface area contributed by atoms with Gasteiger partial charge in [0.1, 0.15) is 5.75 Å². The van der Waals surface area contributed by atoms with E-state index >= 15 is 0 Å². The van der Waals surface area contributed by atoms with Crippen molar-refractivity contribution in [2.24, 2.45) is 5.92 Å². The van der Waals surface area contributed by atoms with E-state index in [-0.39, 0.29) is 0 Å². The van der Waals surface area contributed by atoms with Gasteiger partial charge < -0.3 is 15.0 Å². The van der Waals surface area contributed by atoms with Crippen LogP contribution in [0.4, 0.5) is 0 Å². The molecule has 0 aliphatic carbocycles. The van der Waals surface area contributed by atoms with Gasteiger partial charge >= 0.3 is 0 Å². The molecule has 0 saturated carbocycles. The maximum Gasteiger partial charge on any atom is 0.119 e. The lowest BCUT2D eigenvalue weighted by Gasteiger charge is -2.25. The first kappa shape index (κ1) is 16.3. The number of rotatable bonds is 7. The molecule has 1 atom stereocenters. The Bertz CT molecular complexity index is 380. The molecule has 2 rings (SSSR count). The highest BCUT2D eigenvalue weighted by molar-refractivity contribution is 5.20. The van der Waals surface area contributed by atoms with Crippen LogP contribution in [0.15, 0.2) is 30.3 Å². The monoisotopic (exact) mass is 290 g/mol. The van der Waals surface area contributed by atoms with E-state index in [1.807, 2.05) is 30.3 Å². The summed E-state index contributed by atoms with van der Waals surface area (Å²) in [5.74, 6) is 1.75. The average molecular weight is 290 g/mol. The molecule has 0 bridgehead atoms. The predicted octanol–water partition coefficient (Wildman–Crippen LogP) is 3.17. The summed E-state index contributed by atoms with van der Waals surface area (Å²) in [5.41, 5.74) is 0. The highest BCUT2D eigenvalue weighted by atomic mass is 16.5. The highest BCUT2D eigenvalue weighted by Crippen LogP contribution is 2.11. The molecule has 1 aliphatic heterocycles. The van der Waals surface area contributed by atoms with Gasteiger partial charge in [-0.3, -0.25) is 0 Å². The summed E-state index contributed by atoms with van der Waals surface area (Å²) in [6, 6.07) is 10.8. The molecule has 3 heteroatoms. The van der Waals surface area contributed by atoms with E-state index in [0.717, 1.165) is 37.8 Å². The van der Waals surface area contributed by atoms with Crippen molar-refractivity contribution < 1.29 is 4.74 Å². The van der Waals surface area contributed by atoms with Gasteiger partial charge in [-0.1, -0.05) is 32.0 Å². The molecule has 0 spiro atoms. The van der Waals surface area contributed by atoms with Crippen LogP contribution in [0.25, 0.3) is 0 Å². The van der Waals surface area contributed by atoms with E-state index in [9.17, 15) is 0 Å². The van der Waals surface area contributed by atoms with Gasteiger partial charge in [0.05, 0.1) is 6.61 Å². The van der Waals surface area contributed by atoms with Crippen molar-refractivity contribution >= 4 is 0 Å². The quantitative estimate of drug-likeness (QED) is 0.781. The van der Waals surface area contributed by atoms with Crippen LogP contribution in [-0.2, 0) is 0 Å². The van der Waals surface area contributed by atoms with Crippen LogP contribution in [0.1, 0.15) is 33.1 Å². The lowest BCUT2D eigenvalue weighted by molar-refractivity contribution is 0.224. The van der Waals surface area contributed by atoms with Gasteiger partial charge in [-0.2, -0.15) is 0 Å². The van der Waals surface area contributed by atoms with Crippen LogP contribution in [0.2, 0.25) is 0 Å². The molecule has 1 aromatic rings. The maximum absolute atomic E-state index is 5.78. The van der Waals surface area contributed by atoms with Crippen molar-refractivity contribution in [3.63, 3.8) is 0 Å². The van der Waals surface area contributed by atoms with Gasteiger partial charge in [0.15, 0.2) is 0 Å². The molecular formula is C18H30N2O. The lowest BCUT2D eigenvalue weighted by atomic mass is 10.0. The zero-order chi connectivity index (χ0) is 14.9. The summed E-state index contributed by atoms with van der Waals surface area (Å²) < 4.78 is 5.78. The van der Waals surface area contributed by atoms with Crippen LogP contribution >= 0.6 is 0 Å². The van der Waals surface area contributed by atoms with Gasteiger partial charge in [-0.15, -0.1) is 0 Å². The van der Waals surface area contributed by atoms with Crippen molar-refractivity contribution in [2.45, 2.75) is 39.2 Å². The first-order chi connectivity index (χ1) is 10.2. The Morgan fingerprint density at radius 2 is 2.10 bits per heavy atom. The zero-order valence-electron chi connectivity index (χ0n) is 13.6. The number of ether oxygens (including phenoxy) is 1. The third-order valence-electron chi connectivity index (χ3n) is 3.95. The first-order valence-electron chi connectivity index (χ1n) is 8.37. The molecule has 3 nitrogen and oxygen atoms in total. The minimum atomic E-state index is 0.655. The summed E-state index contributed by atoms with van der Waals surface area (Å²) in [7, 11) is 0. The van der Waals surface area contributed by atoms with Gasteiger partial charge in [0.2, 0.25) is 0 Å². The molecule has 0 radical (unpaired) electrons. The van der Waals surface area contributed by atoms with Gasteiger partial charge in [-0.25, -0.2) is 0 Å². The molecule has 118 valence electrons. The molecule has 1 saturated heterocycles. The second-order valence-corrected chi connectivity index (χ2v) is 6.45. The molecule has 1 heterocycles. The summed E-state index contributed by atoms with van der Waals surface area (Å²) >= 11 is 0. The van der Waals surface area contributed by atoms with Crippen LogP contribution in [0.3, 0.4) is 0 Å². The first-order valence-corrected chi connectivity index (χ1v) is 8.37. The van der Waals surface area contributed by atoms with Gasteiger partial charge in [-0.05, 0) is 50.4 Å². The second-order valence-electron chi connectivity index (χ2n) is 6.45. The summed E-state index contributed by atoms with van der Waals surface area (Å²) in [6.45, 7) is 10.1. The molecule has 1 unspecified atom stereocenters. The van der Waals surface area contributed by atoms with Gasteiger partial charge in [0.25, 0.3) is 0 Å². The Hall–Kier alpha value is -1.06. The van der Waals surface area contributed by atoms with Crippen molar-refractivity contribution in [1.29, 1.82) is 0 Å². The highest BCUT2D eigenvalue weighted by Gasteiger charge is 2.18. The van der Waals surface area contributed by atoms with Crippen molar-refractivity contribution in [1.82, 2.24) is 10.2 Å². The molecule has 0 aromatic heterocycles. The Kier molecular flexibility index (Phi) is 7.04. The topological polar surface area (TPSA) is 24.5 Å². The normalized spacial score (nSPS) is 20.4. The van der Waals surface area contributed by atoms with E-state index in [1.54, 1.807) is 0 Å². The molecule has 1 aromatic carbocycles. The fraction of sp³-hybridized carbons (Fsp3) is 0.667. The third-order valence-corrected chi connectivity index (χ3v) is 3.95. The zero-order valence-corrected chi connectivity index (χ0v) is 13.6. The molecule has 1 aliphatic rings. The maximum atomic E-state index is 5.78. The van der Waals surface area contributed by atoms with E-state index in [1.165, 1.54) is 25.9 Å². The minimum absolute atomic E-state index is 0.655. The predicted molar refractivity (Wildman–Crippen MR) is 88.9 cm³/mol. The Balaban J connectivity index is 1.66. The minimum Gasteiger partial charge on any atom is -0.494 e. The second kappa shape index (κ2) is 9.06. The Labute approximate surface area is 129 Å². The summed E-state index contributed by atoms with van der Waals surface area (Å²) in [4.78, 5) is 2.60. The number of para-hydroxylation sites is 1. The Morgan fingerprint density at radius 1 is 1.29 bits per heavy atom. The average Bonchev–Trinajstić information content (AvgIpc) is 2.69. The van der Waals surface area contributed by atoms with E-state index in [0.29, 0.717) is 6.04 Å². The number of hydrogen-bond donors (Lipinski definition) is 1. The largest absolute Gasteiger partial charge is 0.494 e. The lowest BCUT2D eigenvalue weighted by Crippen LogP contribution is -2.39. The number of benzene rings is 1. The Morgan fingerprint density at radius 3 is 2.86 bits per heavy atom. The smallest absolute Gasteiger partial charge is 0.119 e. The fourth-order valence-electron chi connectivity index (χ4n) is 3.00. The molecule has 21 heavy (non-hydrogen) atoms. The SMILES string of the molecule is CC(C)CC1CN(CCCOc2ccccc2)CCCN1. The van der Waals surface area contributed by atoms with Crippen LogP contribution in [0, 0.1) is 5.92 Å². The van der Waals surface area contributed by atoms with Crippen LogP contribution in [-0.4, -0.2) is 43.7 Å². The van der Waals surface area contributed by atoms with Gasteiger partial charge in [0, 0.05) is 19.1 Å². The van der Waals surface area contributed by atoms with Crippen molar-refractivity contribution in [2.75, 3.05) is 32.8 Å². The number of nitrogens with zero attached hydrogens (tertiary/aromatic N) is 1. The van der Waals surface area contributed by atoms with E-state index in [2.05, 4.69) is 24.1 Å². The van der Waals surface area contributed by atoms with E-state index < -0.39 is 0 Å². The standard InChI is InChI=1S/C18H30N2O/c1-16(2)14-17-15-20(11-6-10-19-17)12-7-13-21-18-8-4-3-5-9-18/h3-5,8-9,16-17,19H,6-7,10-15H2,1-2H3.